The van der Waals surface area contributed by atoms with Crippen molar-refractivity contribution in [3.8, 4) is 0 Å². The van der Waals surface area contributed by atoms with Gasteiger partial charge in [-0.05, 0) is 12.8 Å². The van der Waals surface area contributed by atoms with E-state index in [0.717, 1.165) is 13.1 Å². The van der Waals surface area contributed by atoms with Crippen LogP contribution in [0.1, 0.15) is 32.6 Å². The Hall–Kier alpha value is -0.530. The average Bonchev–Trinajstić information content (AvgIpc) is 2.52. The first kappa shape index (κ1) is 16.5. The highest BCUT2D eigenvalue weighted by atomic mass is 127. The zero-order chi connectivity index (χ0) is 11.8. The van der Waals surface area contributed by atoms with E-state index in [4.69, 9.17) is 5.73 Å². The maximum Gasteiger partial charge on any atom is 0.216 e. The number of aliphatic imine (C=N–C) groups is 1. The number of likely N-dealkylation sites (tertiary alicyclic amines) is 1. The molecule has 1 heterocycles. The van der Waals surface area contributed by atoms with Crippen molar-refractivity contribution in [1.82, 2.24) is 10.2 Å². The van der Waals surface area contributed by atoms with Gasteiger partial charge in [-0.3, -0.25) is 9.79 Å². The molecule has 0 atom stereocenters. The molecule has 0 saturated carbocycles. The van der Waals surface area contributed by atoms with Crippen LogP contribution in [0.25, 0.3) is 0 Å². The molecule has 1 amide bonds. The third kappa shape index (κ3) is 7.40. The summed E-state index contributed by atoms with van der Waals surface area (Å²) in [5, 5.41) is 2.70. The van der Waals surface area contributed by atoms with Gasteiger partial charge in [0, 0.05) is 26.6 Å². The summed E-state index contributed by atoms with van der Waals surface area (Å²) in [6, 6.07) is 0. The minimum Gasteiger partial charge on any atom is -0.370 e. The number of nitrogens with two attached hydrogens (primary N) is 1. The zero-order valence-electron chi connectivity index (χ0n) is 10.4. The molecular formula is C11H23IN4O. The lowest BCUT2D eigenvalue weighted by atomic mass is 10.2. The number of nitrogens with zero attached hydrogens (tertiary/aromatic N) is 2. The normalized spacial score (nSPS) is 17.0. The van der Waals surface area contributed by atoms with E-state index in [0.29, 0.717) is 19.0 Å². The number of rotatable bonds is 3. The van der Waals surface area contributed by atoms with Crippen molar-refractivity contribution < 1.29 is 4.79 Å². The smallest absolute Gasteiger partial charge is 0.216 e. The van der Waals surface area contributed by atoms with Crippen LogP contribution in [0.5, 0.6) is 0 Å². The van der Waals surface area contributed by atoms with Crippen molar-refractivity contribution in [3.05, 3.63) is 0 Å². The van der Waals surface area contributed by atoms with Gasteiger partial charge in [-0.2, -0.15) is 0 Å². The minimum absolute atomic E-state index is 0. The number of hydrogen-bond donors (Lipinski definition) is 2. The molecule has 0 spiro atoms. The lowest BCUT2D eigenvalue weighted by Crippen LogP contribution is -2.38. The van der Waals surface area contributed by atoms with E-state index < -0.39 is 0 Å². The lowest BCUT2D eigenvalue weighted by Gasteiger charge is -2.21. The van der Waals surface area contributed by atoms with Gasteiger partial charge in [-0.1, -0.05) is 12.8 Å². The molecule has 1 aliphatic rings. The van der Waals surface area contributed by atoms with Crippen molar-refractivity contribution in [2.24, 2.45) is 10.7 Å². The molecule has 6 heteroatoms. The number of amides is 1. The summed E-state index contributed by atoms with van der Waals surface area (Å²) >= 11 is 0. The fraction of sp³-hybridized carbons (Fsp3) is 0.818. The van der Waals surface area contributed by atoms with Crippen molar-refractivity contribution >= 4 is 35.8 Å². The summed E-state index contributed by atoms with van der Waals surface area (Å²) in [5.41, 5.74) is 5.90. The molecule has 17 heavy (non-hydrogen) atoms. The fourth-order valence-corrected chi connectivity index (χ4v) is 1.80. The largest absolute Gasteiger partial charge is 0.370 e. The van der Waals surface area contributed by atoms with E-state index in [2.05, 4.69) is 15.2 Å². The third-order valence-electron chi connectivity index (χ3n) is 2.69. The van der Waals surface area contributed by atoms with Crippen LogP contribution in [0, 0.1) is 0 Å². The molecule has 0 aromatic heterocycles. The quantitative estimate of drug-likeness (QED) is 0.343. The van der Waals surface area contributed by atoms with Gasteiger partial charge in [0.1, 0.15) is 0 Å². The van der Waals surface area contributed by atoms with Crippen LogP contribution in [0.15, 0.2) is 4.99 Å². The van der Waals surface area contributed by atoms with Crippen LogP contribution in [0.2, 0.25) is 0 Å². The maximum atomic E-state index is 10.6. The van der Waals surface area contributed by atoms with Gasteiger partial charge in [-0.25, -0.2) is 0 Å². The minimum atomic E-state index is -0.0245. The highest BCUT2D eigenvalue weighted by Gasteiger charge is 2.10. The summed E-state index contributed by atoms with van der Waals surface area (Å²) in [6.45, 7) is 4.64. The summed E-state index contributed by atoms with van der Waals surface area (Å²) in [4.78, 5) is 17.0. The van der Waals surface area contributed by atoms with E-state index in [1.807, 2.05) is 0 Å². The first-order valence-corrected chi connectivity index (χ1v) is 5.99. The number of carbonyl (C=O) groups is 1. The number of halogens is 1. The third-order valence-corrected chi connectivity index (χ3v) is 2.69. The second-order valence-electron chi connectivity index (χ2n) is 4.12. The Bertz CT molecular complexity index is 250. The summed E-state index contributed by atoms with van der Waals surface area (Å²) < 4.78 is 0. The number of carbonyl (C=O) groups excluding carboxylic acids is 1. The number of nitrogens with one attached hydrogen (secondary N) is 1. The molecule has 0 aromatic rings. The molecule has 1 fully saturated rings. The Kier molecular flexibility index (Phi) is 9.20. The molecule has 100 valence electrons. The predicted octanol–water partition coefficient (Wildman–Crippen LogP) is 0.931. The van der Waals surface area contributed by atoms with Gasteiger partial charge >= 0.3 is 0 Å². The maximum absolute atomic E-state index is 10.6. The Morgan fingerprint density at radius 1 is 1.29 bits per heavy atom. The molecular weight excluding hydrogens is 331 g/mol. The van der Waals surface area contributed by atoms with Crippen LogP contribution in [-0.4, -0.2) is 42.9 Å². The monoisotopic (exact) mass is 354 g/mol. The first-order chi connectivity index (χ1) is 7.70. The molecule has 5 nitrogen and oxygen atoms in total. The molecule has 0 unspecified atom stereocenters. The van der Waals surface area contributed by atoms with Crippen molar-refractivity contribution in [1.29, 1.82) is 0 Å². The second kappa shape index (κ2) is 9.49. The van der Waals surface area contributed by atoms with E-state index >= 15 is 0 Å². The van der Waals surface area contributed by atoms with Crippen LogP contribution < -0.4 is 11.1 Å². The average molecular weight is 354 g/mol. The van der Waals surface area contributed by atoms with E-state index in [1.54, 1.807) is 0 Å². The van der Waals surface area contributed by atoms with E-state index in [-0.39, 0.29) is 29.9 Å². The van der Waals surface area contributed by atoms with Crippen LogP contribution in [-0.2, 0) is 4.79 Å². The SMILES string of the molecule is CC(=O)NCCN=C(N)N1CCCCCC1.I. The second-order valence-corrected chi connectivity index (χ2v) is 4.12. The Morgan fingerprint density at radius 3 is 2.41 bits per heavy atom. The Morgan fingerprint density at radius 2 is 1.88 bits per heavy atom. The molecule has 1 aliphatic heterocycles. The summed E-state index contributed by atoms with van der Waals surface area (Å²) in [5.74, 6) is 0.593. The molecule has 0 radical (unpaired) electrons. The Balaban J connectivity index is 0.00000256. The van der Waals surface area contributed by atoms with Gasteiger partial charge in [0.2, 0.25) is 5.91 Å². The molecule has 0 aliphatic carbocycles. The van der Waals surface area contributed by atoms with Crippen molar-refractivity contribution in [3.63, 3.8) is 0 Å². The summed E-state index contributed by atoms with van der Waals surface area (Å²) in [7, 11) is 0. The van der Waals surface area contributed by atoms with Gasteiger partial charge in [-0.15, -0.1) is 24.0 Å². The number of guanidine groups is 1. The topological polar surface area (TPSA) is 70.7 Å². The van der Waals surface area contributed by atoms with E-state index in [9.17, 15) is 4.79 Å². The molecule has 0 bridgehead atoms. The highest BCUT2D eigenvalue weighted by Crippen LogP contribution is 2.08. The van der Waals surface area contributed by atoms with Crippen LogP contribution in [0.4, 0.5) is 0 Å². The van der Waals surface area contributed by atoms with Crippen molar-refractivity contribution in [2.75, 3.05) is 26.2 Å². The Labute approximate surface area is 120 Å². The van der Waals surface area contributed by atoms with Crippen molar-refractivity contribution in [2.45, 2.75) is 32.6 Å². The lowest BCUT2D eigenvalue weighted by molar-refractivity contribution is -0.118. The fourth-order valence-electron chi connectivity index (χ4n) is 1.80. The highest BCUT2D eigenvalue weighted by molar-refractivity contribution is 14.0. The zero-order valence-corrected chi connectivity index (χ0v) is 12.8. The summed E-state index contributed by atoms with van der Waals surface area (Å²) in [6.07, 6.45) is 4.97. The van der Waals surface area contributed by atoms with Gasteiger partial charge in [0.05, 0.1) is 6.54 Å². The van der Waals surface area contributed by atoms with Gasteiger partial charge < -0.3 is 16.0 Å². The molecule has 0 aromatic carbocycles. The first-order valence-electron chi connectivity index (χ1n) is 5.99. The molecule has 1 rings (SSSR count). The van der Waals surface area contributed by atoms with Crippen LogP contribution >= 0.6 is 24.0 Å². The number of hydrogen-bond acceptors (Lipinski definition) is 2. The van der Waals surface area contributed by atoms with Crippen LogP contribution in [0.3, 0.4) is 0 Å². The predicted molar refractivity (Wildman–Crippen MR) is 80.6 cm³/mol. The van der Waals surface area contributed by atoms with Gasteiger partial charge in [0.25, 0.3) is 0 Å². The standard InChI is InChI=1S/C11H22N4O.HI/c1-10(16)13-6-7-14-11(12)15-8-4-2-3-5-9-15;/h2-9H2,1H3,(H2,12,14)(H,13,16);1H. The molecule has 3 N–H and O–H groups in total. The van der Waals surface area contributed by atoms with E-state index in [1.165, 1.54) is 32.6 Å². The van der Waals surface area contributed by atoms with Gasteiger partial charge in [0.15, 0.2) is 5.96 Å². The molecule has 1 saturated heterocycles.